The molecule has 17 heteroatoms. The van der Waals surface area contributed by atoms with E-state index in [2.05, 4.69) is 0 Å². The second-order valence-corrected chi connectivity index (χ2v) is 19.1. The molecule has 4 N–H and O–H groups in total. The number of rotatable bonds is 13. The van der Waals surface area contributed by atoms with Gasteiger partial charge in [-0.05, 0) is 73.5 Å². The standard InChI is InChI=1S/C47H79NO16/c1-14-35-32(23-58-45-43(57-13)42(56-12)39(54)29(7)60-45)19-24(2)15-16-33(50)25(3)20-31(17-18-49)40(27(5)34(51)22-37(53)62-35)63-44-28(6)38(48(10)11)41(30(8)61-44)64-46-47(9,55)36(52)21-26(4)59-46/h15-16,18-19,25-32,34-36,38-46,51-52,54-55H,14,17,20-23H2,1-13H3/b16-15+,24-19+/t25-,26+,27-,28+,29+,30+,31-,32+,34+,35+,36-,38+,39+,40+,41+,42+,43+,44-,45+,46?,47?/m0/s1. The van der Waals surface area contributed by atoms with Gasteiger partial charge in [0.1, 0.15) is 42.4 Å². The highest BCUT2D eigenvalue weighted by Crippen LogP contribution is 2.39. The van der Waals surface area contributed by atoms with Gasteiger partial charge in [-0.2, -0.15) is 0 Å². The van der Waals surface area contributed by atoms with Gasteiger partial charge in [0, 0.05) is 56.8 Å². The monoisotopic (exact) mass is 914 g/mol. The largest absolute Gasteiger partial charge is 0.462 e. The van der Waals surface area contributed by atoms with Crippen LogP contribution in [0.3, 0.4) is 0 Å². The normalized spacial score (nSPS) is 45.9. The van der Waals surface area contributed by atoms with Gasteiger partial charge in [-0.15, -0.1) is 0 Å². The second kappa shape index (κ2) is 24.2. The van der Waals surface area contributed by atoms with E-state index in [9.17, 15) is 34.8 Å². The molecular weight excluding hydrogens is 835 g/mol. The second-order valence-electron chi connectivity index (χ2n) is 19.1. The summed E-state index contributed by atoms with van der Waals surface area (Å²) in [5, 5.41) is 44.5. The molecule has 4 heterocycles. The van der Waals surface area contributed by atoms with Gasteiger partial charge in [-0.1, -0.05) is 45.4 Å². The Kier molecular flexibility index (Phi) is 20.5. The summed E-state index contributed by atoms with van der Waals surface area (Å²) in [6.07, 6.45) is -5.25. The smallest absolute Gasteiger partial charge is 0.308 e. The van der Waals surface area contributed by atoms with Crippen LogP contribution in [-0.4, -0.2) is 176 Å². The summed E-state index contributed by atoms with van der Waals surface area (Å²) in [5.41, 5.74) is -0.973. The zero-order chi connectivity index (χ0) is 47.8. The Morgan fingerprint density at radius 2 is 1.52 bits per heavy atom. The third-order valence-electron chi connectivity index (χ3n) is 13.8. The van der Waals surface area contributed by atoms with Crippen molar-refractivity contribution >= 4 is 18.0 Å². The minimum absolute atomic E-state index is 0.0115. The van der Waals surface area contributed by atoms with Crippen molar-refractivity contribution in [2.45, 2.75) is 192 Å². The Hall–Kier alpha value is -2.23. The molecule has 3 saturated heterocycles. The fraction of sp³-hybridized carbons (Fsp3) is 0.851. The minimum Gasteiger partial charge on any atom is -0.462 e. The van der Waals surface area contributed by atoms with Gasteiger partial charge in [0.2, 0.25) is 0 Å². The Bertz CT molecular complexity index is 1560. The van der Waals surface area contributed by atoms with Crippen LogP contribution in [0.5, 0.6) is 0 Å². The predicted octanol–water partition coefficient (Wildman–Crippen LogP) is 3.11. The average molecular weight is 914 g/mol. The Morgan fingerprint density at radius 3 is 2.12 bits per heavy atom. The number of carbonyl (C=O) groups excluding carboxylic acids is 3. The zero-order valence-electron chi connectivity index (χ0n) is 40.2. The van der Waals surface area contributed by atoms with E-state index in [-0.39, 0.29) is 43.8 Å². The van der Waals surface area contributed by atoms with E-state index in [4.69, 9.17) is 42.6 Å². The molecule has 0 radical (unpaired) electrons. The van der Waals surface area contributed by atoms with Crippen molar-refractivity contribution in [1.82, 2.24) is 4.90 Å². The molecule has 0 spiro atoms. The first kappa shape index (κ1) is 54.4. The predicted molar refractivity (Wildman–Crippen MR) is 233 cm³/mol. The topological polar surface area (TPSA) is 218 Å². The third kappa shape index (κ3) is 13.3. The summed E-state index contributed by atoms with van der Waals surface area (Å²) in [5.74, 6) is -3.62. The first-order valence-electron chi connectivity index (χ1n) is 23.0. The lowest BCUT2D eigenvalue weighted by Crippen LogP contribution is -2.65. The van der Waals surface area contributed by atoms with E-state index in [0.29, 0.717) is 12.0 Å². The van der Waals surface area contributed by atoms with Gasteiger partial charge in [-0.25, -0.2) is 0 Å². The van der Waals surface area contributed by atoms with Crippen molar-refractivity contribution in [3.63, 3.8) is 0 Å². The maximum Gasteiger partial charge on any atom is 0.308 e. The van der Waals surface area contributed by atoms with Gasteiger partial charge in [0.05, 0.1) is 49.7 Å². The number of carbonyl (C=O) groups is 3. The number of hydrogen-bond donors (Lipinski definition) is 4. The SMILES string of the molecule is CC[C@H]1OC(=O)C[C@@H](O)[C@H](C)[C@@H](O[C@@H]2O[C@H](C)[C@@H](OC3O[C@H](C)C[C@H](O)C3(C)O)[C@H](N(C)C)[C@H]2C)[C@@H](CC=O)C[C@H](C)C(=O)/C=C/C(C)=C/[C@@H]1CO[C@@H]1O[C@H](C)[C@@H](O)[C@@H](OC)[C@H]1OC. The number of aliphatic hydroxyl groups excluding tert-OH is 3. The quantitative estimate of drug-likeness (QED) is 0.154. The van der Waals surface area contributed by atoms with E-state index in [1.165, 1.54) is 27.2 Å². The highest BCUT2D eigenvalue weighted by Gasteiger charge is 2.53. The van der Waals surface area contributed by atoms with Crippen LogP contribution in [-0.2, 0) is 57.0 Å². The molecule has 0 aliphatic carbocycles. The molecule has 0 bridgehead atoms. The number of esters is 1. The first-order valence-corrected chi connectivity index (χ1v) is 23.0. The number of methoxy groups -OCH3 is 2. The van der Waals surface area contributed by atoms with Crippen molar-refractivity contribution in [2.24, 2.45) is 29.6 Å². The van der Waals surface area contributed by atoms with E-state index >= 15 is 0 Å². The van der Waals surface area contributed by atoms with Crippen molar-refractivity contribution in [1.29, 1.82) is 0 Å². The van der Waals surface area contributed by atoms with E-state index < -0.39 is 127 Å². The van der Waals surface area contributed by atoms with Crippen LogP contribution in [0.2, 0.25) is 0 Å². The molecule has 64 heavy (non-hydrogen) atoms. The first-order chi connectivity index (χ1) is 30.1. The number of nitrogens with zero attached hydrogens (tertiary/aromatic N) is 1. The molecule has 4 aliphatic heterocycles. The molecule has 0 aromatic rings. The number of hydrogen-bond acceptors (Lipinski definition) is 17. The average Bonchev–Trinajstić information content (AvgIpc) is 3.23. The minimum atomic E-state index is -1.68. The van der Waals surface area contributed by atoms with Crippen LogP contribution < -0.4 is 0 Å². The van der Waals surface area contributed by atoms with Crippen molar-refractivity contribution in [3.05, 3.63) is 23.8 Å². The van der Waals surface area contributed by atoms with E-state index in [0.717, 1.165) is 6.29 Å². The number of aliphatic hydroxyl groups is 4. The van der Waals surface area contributed by atoms with Crippen LogP contribution in [0.15, 0.2) is 23.8 Å². The van der Waals surface area contributed by atoms with Crippen LogP contribution in [0.1, 0.15) is 94.4 Å². The lowest BCUT2D eigenvalue weighted by atomic mass is 9.79. The van der Waals surface area contributed by atoms with Crippen LogP contribution in [0.25, 0.3) is 0 Å². The number of ketones is 1. The highest BCUT2D eigenvalue weighted by molar-refractivity contribution is 5.91. The van der Waals surface area contributed by atoms with E-state index in [1.807, 2.05) is 52.8 Å². The fourth-order valence-electron chi connectivity index (χ4n) is 9.71. The molecular formula is C47H79NO16. The molecule has 0 aromatic heterocycles. The summed E-state index contributed by atoms with van der Waals surface area (Å²) in [6.45, 7) is 16.0. The van der Waals surface area contributed by atoms with Gasteiger partial charge >= 0.3 is 5.97 Å². The Labute approximate surface area is 380 Å². The molecule has 0 saturated carbocycles. The molecule has 2 unspecified atom stereocenters. The van der Waals surface area contributed by atoms with Crippen LogP contribution in [0.4, 0.5) is 0 Å². The van der Waals surface area contributed by atoms with Crippen LogP contribution in [0, 0.1) is 29.6 Å². The number of allylic oxidation sites excluding steroid dienone is 3. The summed E-state index contributed by atoms with van der Waals surface area (Å²) in [6, 6.07) is -0.361. The molecule has 0 aromatic carbocycles. The molecule has 4 rings (SSSR count). The van der Waals surface area contributed by atoms with Crippen molar-refractivity contribution < 1.29 is 77.4 Å². The number of ether oxygens (including phenoxy) is 9. The van der Waals surface area contributed by atoms with Gasteiger partial charge in [0.25, 0.3) is 0 Å². The summed E-state index contributed by atoms with van der Waals surface area (Å²) < 4.78 is 55.5. The molecule has 0 amide bonds. The summed E-state index contributed by atoms with van der Waals surface area (Å²) in [7, 11) is 6.73. The molecule has 4 aliphatic rings. The van der Waals surface area contributed by atoms with Gasteiger partial charge in [0.15, 0.2) is 24.7 Å². The molecule has 21 atom stereocenters. The molecule has 17 nitrogen and oxygen atoms in total. The maximum atomic E-state index is 13.8. The maximum absolute atomic E-state index is 13.8. The molecule has 368 valence electrons. The number of likely N-dealkylation sites (N-methyl/N-ethyl adjacent to an activating group) is 1. The Balaban J connectivity index is 1.63. The van der Waals surface area contributed by atoms with Crippen molar-refractivity contribution in [2.75, 3.05) is 34.9 Å². The van der Waals surface area contributed by atoms with E-state index in [1.54, 1.807) is 33.8 Å². The fourth-order valence-corrected chi connectivity index (χ4v) is 9.71. The van der Waals surface area contributed by atoms with Gasteiger partial charge in [-0.3, -0.25) is 9.59 Å². The van der Waals surface area contributed by atoms with Crippen LogP contribution >= 0.6 is 0 Å². The lowest BCUT2D eigenvalue weighted by molar-refractivity contribution is -0.353. The molecule has 3 fully saturated rings. The third-order valence-corrected chi connectivity index (χ3v) is 13.8. The summed E-state index contributed by atoms with van der Waals surface area (Å²) in [4.78, 5) is 41.9. The number of aldehydes is 1. The lowest BCUT2D eigenvalue weighted by Gasteiger charge is -2.51. The summed E-state index contributed by atoms with van der Waals surface area (Å²) >= 11 is 0. The highest BCUT2D eigenvalue weighted by atomic mass is 16.7. The zero-order valence-corrected chi connectivity index (χ0v) is 40.2. The number of cyclic esters (lactones) is 1. The van der Waals surface area contributed by atoms with Crippen molar-refractivity contribution in [3.8, 4) is 0 Å². The Morgan fingerprint density at radius 1 is 0.859 bits per heavy atom. The van der Waals surface area contributed by atoms with Gasteiger partial charge < -0.3 is 72.8 Å².